The average molecular weight is 381 g/mol. The second kappa shape index (κ2) is 7.07. The molecular weight excluding hydrogens is 364 g/mol. The van der Waals surface area contributed by atoms with Crippen molar-refractivity contribution >= 4 is 38.0 Å². The van der Waals surface area contributed by atoms with Gasteiger partial charge in [-0.15, -0.1) is 4.40 Å². The van der Waals surface area contributed by atoms with Crippen LogP contribution in [-0.2, 0) is 10.0 Å². The molecule has 0 aliphatic heterocycles. The van der Waals surface area contributed by atoms with Gasteiger partial charge in [-0.25, -0.2) is 0 Å². The van der Waals surface area contributed by atoms with Crippen LogP contribution in [0.2, 0.25) is 0 Å². The standard InChI is InChI=1S/C16H17BrN2O2S/c1-3-19(15-6-4-5-14(17)11-15)12-18-22(20,21)16-9-7-13(2)8-10-16/h4-12H,3H2,1-2H3/b18-12+. The molecule has 0 aliphatic carbocycles. The molecule has 0 aromatic heterocycles. The van der Waals surface area contributed by atoms with Crippen LogP contribution in [0.5, 0.6) is 0 Å². The van der Waals surface area contributed by atoms with Gasteiger partial charge in [0.2, 0.25) is 0 Å². The van der Waals surface area contributed by atoms with Crippen LogP contribution in [0.25, 0.3) is 0 Å². The summed E-state index contributed by atoms with van der Waals surface area (Å²) in [7, 11) is -3.68. The van der Waals surface area contributed by atoms with Crippen LogP contribution < -0.4 is 4.90 Å². The van der Waals surface area contributed by atoms with Crippen LogP contribution in [0.3, 0.4) is 0 Å². The summed E-state index contributed by atoms with van der Waals surface area (Å²) < 4.78 is 29.2. The molecule has 2 rings (SSSR count). The average Bonchev–Trinajstić information content (AvgIpc) is 2.48. The van der Waals surface area contributed by atoms with Gasteiger partial charge in [-0.05, 0) is 44.2 Å². The zero-order chi connectivity index (χ0) is 16.2. The quantitative estimate of drug-likeness (QED) is 0.581. The van der Waals surface area contributed by atoms with Gasteiger partial charge in [-0.2, -0.15) is 8.42 Å². The fourth-order valence-electron chi connectivity index (χ4n) is 1.88. The molecule has 0 N–H and O–H groups in total. The van der Waals surface area contributed by atoms with E-state index in [4.69, 9.17) is 0 Å². The second-order valence-electron chi connectivity index (χ2n) is 4.77. The van der Waals surface area contributed by atoms with E-state index in [9.17, 15) is 8.42 Å². The lowest BCUT2D eigenvalue weighted by molar-refractivity contribution is 0.598. The smallest absolute Gasteiger partial charge is 0.283 e. The molecule has 0 saturated heterocycles. The molecular formula is C16H17BrN2O2S. The van der Waals surface area contributed by atoms with Crippen molar-refractivity contribution in [3.8, 4) is 0 Å². The first-order chi connectivity index (χ1) is 10.4. The van der Waals surface area contributed by atoms with Crippen LogP contribution in [0.4, 0.5) is 5.69 Å². The summed E-state index contributed by atoms with van der Waals surface area (Å²) in [6.07, 6.45) is 1.36. The normalized spacial score (nSPS) is 11.8. The summed E-state index contributed by atoms with van der Waals surface area (Å²) in [6, 6.07) is 14.3. The molecule has 4 nitrogen and oxygen atoms in total. The fourth-order valence-corrected chi connectivity index (χ4v) is 3.10. The monoisotopic (exact) mass is 380 g/mol. The molecule has 2 aromatic carbocycles. The van der Waals surface area contributed by atoms with E-state index < -0.39 is 10.0 Å². The fraction of sp³-hybridized carbons (Fsp3) is 0.188. The lowest BCUT2D eigenvalue weighted by Gasteiger charge is -2.17. The van der Waals surface area contributed by atoms with E-state index in [0.29, 0.717) is 6.54 Å². The third-order valence-corrected chi connectivity index (χ3v) is 4.86. The number of sulfonamides is 1. The first kappa shape index (κ1) is 16.7. The largest absolute Gasteiger partial charge is 0.332 e. The van der Waals surface area contributed by atoms with Crippen LogP contribution in [-0.4, -0.2) is 21.3 Å². The van der Waals surface area contributed by atoms with E-state index in [2.05, 4.69) is 20.3 Å². The molecule has 0 atom stereocenters. The minimum Gasteiger partial charge on any atom is -0.332 e. The van der Waals surface area contributed by atoms with E-state index >= 15 is 0 Å². The molecule has 0 heterocycles. The number of halogens is 1. The van der Waals surface area contributed by atoms with Gasteiger partial charge in [-0.1, -0.05) is 39.7 Å². The van der Waals surface area contributed by atoms with Crippen molar-refractivity contribution in [2.45, 2.75) is 18.7 Å². The van der Waals surface area contributed by atoms with Crippen LogP contribution in [0.1, 0.15) is 12.5 Å². The number of benzene rings is 2. The van der Waals surface area contributed by atoms with Crippen molar-refractivity contribution in [2.24, 2.45) is 4.40 Å². The third kappa shape index (κ3) is 4.18. The number of nitrogens with zero attached hydrogens (tertiary/aromatic N) is 2. The number of anilines is 1. The van der Waals surface area contributed by atoms with Crippen molar-refractivity contribution in [2.75, 3.05) is 11.4 Å². The number of rotatable bonds is 5. The Morgan fingerprint density at radius 3 is 2.45 bits per heavy atom. The van der Waals surface area contributed by atoms with Crippen molar-refractivity contribution in [3.05, 3.63) is 58.6 Å². The summed E-state index contributed by atoms with van der Waals surface area (Å²) in [5, 5.41) is 0. The van der Waals surface area contributed by atoms with Crippen molar-refractivity contribution in [1.29, 1.82) is 0 Å². The molecule has 0 spiro atoms. The van der Waals surface area contributed by atoms with Gasteiger partial charge in [0.15, 0.2) is 0 Å². The predicted octanol–water partition coefficient (Wildman–Crippen LogP) is 4.00. The van der Waals surface area contributed by atoms with Crippen LogP contribution >= 0.6 is 15.9 Å². The summed E-state index contributed by atoms with van der Waals surface area (Å²) in [6.45, 7) is 4.46. The Morgan fingerprint density at radius 2 is 1.86 bits per heavy atom. The Morgan fingerprint density at radius 1 is 1.18 bits per heavy atom. The van der Waals surface area contributed by atoms with E-state index in [1.165, 1.54) is 6.34 Å². The maximum Gasteiger partial charge on any atom is 0.283 e. The molecule has 0 aliphatic rings. The maximum absolute atomic E-state index is 12.2. The molecule has 0 unspecified atom stereocenters. The molecule has 0 radical (unpaired) electrons. The number of aryl methyl sites for hydroxylation is 1. The van der Waals surface area contributed by atoms with Gasteiger partial charge in [0.05, 0.1) is 4.90 Å². The molecule has 6 heteroatoms. The van der Waals surface area contributed by atoms with Crippen molar-refractivity contribution < 1.29 is 8.42 Å². The lowest BCUT2D eigenvalue weighted by atomic mass is 10.2. The van der Waals surface area contributed by atoms with E-state index in [1.54, 1.807) is 29.2 Å². The summed E-state index contributed by atoms with van der Waals surface area (Å²) >= 11 is 3.40. The van der Waals surface area contributed by atoms with Crippen molar-refractivity contribution in [1.82, 2.24) is 0 Å². The number of hydrogen-bond donors (Lipinski definition) is 0. The minimum atomic E-state index is -3.68. The molecule has 22 heavy (non-hydrogen) atoms. The minimum absolute atomic E-state index is 0.194. The molecule has 0 amide bonds. The third-order valence-electron chi connectivity index (χ3n) is 3.12. The maximum atomic E-state index is 12.2. The Bertz CT molecular complexity index is 771. The van der Waals surface area contributed by atoms with Gasteiger partial charge >= 0.3 is 0 Å². The van der Waals surface area contributed by atoms with Gasteiger partial charge in [-0.3, -0.25) is 0 Å². The van der Waals surface area contributed by atoms with E-state index in [-0.39, 0.29) is 4.90 Å². The summed E-state index contributed by atoms with van der Waals surface area (Å²) in [4.78, 5) is 1.97. The Labute approximate surface area is 139 Å². The highest BCUT2D eigenvalue weighted by Gasteiger charge is 2.12. The highest BCUT2D eigenvalue weighted by Crippen LogP contribution is 2.19. The van der Waals surface area contributed by atoms with E-state index in [1.807, 2.05) is 38.1 Å². The lowest BCUT2D eigenvalue weighted by Crippen LogP contribution is -2.21. The van der Waals surface area contributed by atoms with Gasteiger partial charge in [0, 0.05) is 16.7 Å². The Hall–Kier alpha value is -1.66. The second-order valence-corrected chi connectivity index (χ2v) is 7.32. The molecule has 116 valence electrons. The molecule has 0 bridgehead atoms. The zero-order valence-electron chi connectivity index (χ0n) is 12.4. The predicted molar refractivity (Wildman–Crippen MR) is 94.0 cm³/mol. The Kier molecular flexibility index (Phi) is 5.37. The summed E-state index contributed by atoms with van der Waals surface area (Å²) in [5.41, 5.74) is 1.88. The SMILES string of the molecule is CCN(/C=N/S(=O)(=O)c1ccc(C)cc1)c1cccc(Br)c1. The first-order valence-corrected chi connectivity index (χ1v) is 9.05. The van der Waals surface area contributed by atoms with Crippen LogP contribution in [0.15, 0.2) is 62.3 Å². The van der Waals surface area contributed by atoms with Gasteiger partial charge < -0.3 is 4.90 Å². The Balaban J connectivity index is 2.26. The summed E-state index contributed by atoms with van der Waals surface area (Å²) in [5.74, 6) is 0. The first-order valence-electron chi connectivity index (χ1n) is 6.82. The molecule has 0 saturated carbocycles. The highest BCUT2D eigenvalue weighted by molar-refractivity contribution is 9.10. The molecule has 0 fully saturated rings. The van der Waals surface area contributed by atoms with Gasteiger partial charge in [0.25, 0.3) is 10.0 Å². The number of hydrogen-bond acceptors (Lipinski definition) is 2. The topological polar surface area (TPSA) is 49.7 Å². The zero-order valence-corrected chi connectivity index (χ0v) is 14.8. The van der Waals surface area contributed by atoms with Crippen molar-refractivity contribution in [3.63, 3.8) is 0 Å². The van der Waals surface area contributed by atoms with Crippen LogP contribution in [0, 0.1) is 6.92 Å². The highest BCUT2D eigenvalue weighted by atomic mass is 79.9. The van der Waals surface area contributed by atoms with E-state index in [0.717, 1.165) is 15.7 Å². The molecule has 2 aromatic rings. The van der Waals surface area contributed by atoms with Gasteiger partial charge in [0.1, 0.15) is 6.34 Å².